The van der Waals surface area contributed by atoms with Gasteiger partial charge in [0.15, 0.2) is 5.78 Å². The highest BCUT2D eigenvalue weighted by Crippen LogP contribution is 2.19. The third kappa shape index (κ3) is 6.27. The van der Waals surface area contributed by atoms with Crippen LogP contribution in [-0.2, 0) is 4.79 Å². The van der Waals surface area contributed by atoms with Crippen LogP contribution < -0.4 is 10.1 Å². The van der Waals surface area contributed by atoms with E-state index in [2.05, 4.69) is 5.32 Å². The normalized spacial score (nSPS) is 10.3. The summed E-state index contributed by atoms with van der Waals surface area (Å²) in [5.74, 6) is 0.550. The van der Waals surface area contributed by atoms with Crippen molar-refractivity contribution in [3.63, 3.8) is 0 Å². The topological polar surface area (TPSA) is 55.4 Å². The Morgan fingerprint density at radius 1 is 1.08 bits per heavy atom. The number of ether oxygens (including phenoxy) is 1. The van der Waals surface area contributed by atoms with Gasteiger partial charge in [0.05, 0.1) is 6.61 Å². The van der Waals surface area contributed by atoms with Crippen molar-refractivity contribution in [2.45, 2.75) is 31.1 Å². The average molecular weight is 357 g/mol. The fourth-order valence-corrected chi connectivity index (χ4v) is 2.71. The van der Waals surface area contributed by atoms with E-state index in [9.17, 15) is 9.59 Å². The minimum atomic E-state index is -0.158. The van der Waals surface area contributed by atoms with Crippen LogP contribution in [0.3, 0.4) is 0 Å². The van der Waals surface area contributed by atoms with Crippen molar-refractivity contribution in [2.24, 2.45) is 0 Å². The van der Waals surface area contributed by atoms with Crippen molar-refractivity contribution in [2.75, 3.05) is 18.2 Å². The van der Waals surface area contributed by atoms with E-state index >= 15 is 0 Å². The van der Waals surface area contributed by atoms with Crippen LogP contribution in [0.4, 0.5) is 5.69 Å². The van der Waals surface area contributed by atoms with E-state index in [-0.39, 0.29) is 24.5 Å². The van der Waals surface area contributed by atoms with E-state index in [1.807, 2.05) is 37.4 Å². The molecule has 0 unspecified atom stereocenters. The predicted octanol–water partition coefficient (Wildman–Crippen LogP) is 4.80. The van der Waals surface area contributed by atoms with Gasteiger partial charge < -0.3 is 10.1 Å². The second-order valence-electron chi connectivity index (χ2n) is 5.58. The molecule has 2 aromatic carbocycles. The fraction of sp³-hybridized carbons (Fsp3) is 0.300. The molecule has 5 heteroatoms. The van der Waals surface area contributed by atoms with E-state index in [1.54, 1.807) is 36.0 Å². The molecule has 0 saturated carbocycles. The second kappa shape index (κ2) is 9.89. The van der Waals surface area contributed by atoms with Crippen molar-refractivity contribution >= 4 is 29.1 Å². The Bertz CT molecular complexity index is 713. The van der Waals surface area contributed by atoms with E-state index in [0.717, 1.165) is 22.8 Å². The minimum absolute atomic E-state index is 0.0462. The molecule has 0 heterocycles. The summed E-state index contributed by atoms with van der Waals surface area (Å²) >= 11 is 1.62. The molecule has 0 atom stereocenters. The van der Waals surface area contributed by atoms with Gasteiger partial charge in [-0.3, -0.25) is 9.59 Å². The van der Waals surface area contributed by atoms with Crippen LogP contribution in [0.15, 0.2) is 53.4 Å². The summed E-state index contributed by atoms with van der Waals surface area (Å²) in [5.41, 5.74) is 1.35. The van der Waals surface area contributed by atoms with Gasteiger partial charge in [0.2, 0.25) is 5.91 Å². The smallest absolute Gasteiger partial charge is 0.224 e. The summed E-state index contributed by atoms with van der Waals surface area (Å²) in [6.07, 6.45) is 3.27. The highest BCUT2D eigenvalue weighted by atomic mass is 32.2. The Labute approximate surface area is 153 Å². The summed E-state index contributed by atoms with van der Waals surface area (Å²) in [5, 5.41) is 2.83. The molecule has 0 spiro atoms. The number of benzene rings is 2. The molecular formula is C20H23NO3S. The minimum Gasteiger partial charge on any atom is -0.494 e. The fourth-order valence-electron chi connectivity index (χ4n) is 2.25. The number of rotatable bonds is 9. The summed E-state index contributed by atoms with van der Waals surface area (Å²) in [6.45, 7) is 2.70. The van der Waals surface area contributed by atoms with Gasteiger partial charge in [-0.15, -0.1) is 11.8 Å². The Hall–Kier alpha value is -2.27. The first-order valence-electron chi connectivity index (χ1n) is 8.32. The summed E-state index contributed by atoms with van der Waals surface area (Å²) < 4.78 is 5.50. The highest BCUT2D eigenvalue weighted by molar-refractivity contribution is 7.98. The number of Topliss-reactive ketones (excluding diaryl/α,β-unsaturated/α-hetero) is 1. The van der Waals surface area contributed by atoms with Crippen molar-refractivity contribution in [3.8, 4) is 5.75 Å². The number of carbonyl (C=O) groups excluding carboxylic acids is 2. The van der Waals surface area contributed by atoms with Crippen molar-refractivity contribution in [1.29, 1.82) is 0 Å². The number of thioether (sulfide) groups is 1. The number of carbonyl (C=O) groups is 2. The van der Waals surface area contributed by atoms with Gasteiger partial charge in [0, 0.05) is 29.0 Å². The van der Waals surface area contributed by atoms with Crippen LogP contribution in [0.25, 0.3) is 0 Å². The third-order valence-corrected chi connectivity index (χ3v) is 4.31. The quantitative estimate of drug-likeness (QED) is 0.517. The first kappa shape index (κ1) is 19.1. The van der Waals surface area contributed by atoms with Crippen molar-refractivity contribution in [3.05, 3.63) is 54.1 Å². The molecule has 1 N–H and O–H groups in total. The SMILES string of the molecule is CCCOc1ccc(C(=O)CCC(=O)Nc2cccc(SC)c2)cc1. The summed E-state index contributed by atoms with van der Waals surface area (Å²) in [7, 11) is 0. The lowest BCUT2D eigenvalue weighted by Crippen LogP contribution is -2.13. The Balaban J connectivity index is 1.83. The van der Waals surface area contributed by atoms with Crippen LogP contribution in [0.1, 0.15) is 36.5 Å². The average Bonchev–Trinajstić information content (AvgIpc) is 2.65. The molecule has 0 radical (unpaired) electrons. The van der Waals surface area contributed by atoms with Crippen LogP contribution in [0, 0.1) is 0 Å². The zero-order chi connectivity index (χ0) is 18.1. The molecule has 0 bridgehead atoms. The molecule has 4 nitrogen and oxygen atoms in total. The lowest BCUT2D eigenvalue weighted by Gasteiger charge is -2.07. The van der Waals surface area contributed by atoms with Gasteiger partial charge in [-0.25, -0.2) is 0 Å². The number of nitrogens with one attached hydrogen (secondary N) is 1. The largest absolute Gasteiger partial charge is 0.494 e. The van der Waals surface area contributed by atoms with Gasteiger partial charge in [-0.1, -0.05) is 13.0 Å². The van der Waals surface area contributed by atoms with Crippen LogP contribution in [-0.4, -0.2) is 24.6 Å². The molecule has 2 rings (SSSR count). The van der Waals surface area contributed by atoms with E-state index in [0.29, 0.717) is 12.2 Å². The monoisotopic (exact) mass is 357 g/mol. The molecule has 0 fully saturated rings. The number of amides is 1. The molecule has 25 heavy (non-hydrogen) atoms. The zero-order valence-electron chi connectivity index (χ0n) is 14.6. The lowest BCUT2D eigenvalue weighted by molar-refractivity contribution is -0.116. The second-order valence-corrected chi connectivity index (χ2v) is 6.46. The molecule has 0 aromatic heterocycles. The zero-order valence-corrected chi connectivity index (χ0v) is 15.4. The molecule has 0 aliphatic rings. The maximum atomic E-state index is 12.2. The summed E-state index contributed by atoms with van der Waals surface area (Å²) in [4.78, 5) is 25.3. The lowest BCUT2D eigenvalue weighted by atomic mass is 10.1. The standard InChI is InChI=1S/C20H23NO3S/c1-3-13-24-17-9-7-15(8-10-17)19(22)11-12-20(23)21-16-5-4-6-18(14-16)25-2/h4-10,14H,3,11-13H2,1-2H3,(H,21,23). The highest BCUT2D eigenvalue weighted by Gasteiger charge is 2.10. The predicted molar refractivity (Wildman–Crippen MR) is 103 cm³/mol. The van der Waals surface area contributed by atoms with Crippen molar-refractivity contribution < 1.29 is 14.3 Å². The van der Waals surface area contributed by atoms with Gasteiger partial charge >= 0.3 is 0 Å². The first-order chi connectivity index (χ1) is 12.1. The molecule has 0 aliphatic heterocycles. The molecular weight excluding hydrogens is 334 g/mol. The first-order valence-corrected chi connectivity index (χ1v) is 9.55. The van der Waals surface area contributed by atoms with Gasteiger partial charge in [0.1, 0.15) is 5.75 Å². The maximum absolute atomic E-state index is 12.2. The maximum Gasteiger partial charge on any atom is 0.224 e. The van der Waals surface area contributed by atoms with Gasteiger partial charge in [-0.2, -0.15) is 0 Å². The molecule has 132 valence electrons. The third-order valence-electron chi connectivity index (χ3n) is 3.58. The molecule has 0 saturated heterocycles. The van der Waals surface area contributed by atoms with Gasteiger partial charge in [-0.05, 0) is 55.1 Å². The Kier molecular flexibility index (Phi) is 7.54. The Morgan fingerprint density at radius 2 is 1.84 bits per heavy atom. The van der Waals surface area contributed by atoms with E-state index < -0.39 is 0 Å². The summed E-state index contributed by atoms with van der Waals surface area (Å²) in [6, 6.07) is 14.7. The van der Waals surface area contributed by atoms with Crippen molar-refractivity contribution in [1.82, 2.24) is 0 Å². The number of ketones is 1. The van der Waals surface area contributed by atoms with E-state index in [1.165, 1.54) is 0 Å². The van der Waals surface area contributed by atoms with Crippen LogP contribution in [0.5, 0.6) is 5.75 Å². The van der Waals surface area contributed by atoms with Crippen LogP contribution in [0.2, 0.25) is 0 Å². The number of hydrogen-bond donors (Lipinski definition) is 1. The molecule has 2 aromatic rings. The molecule has 1 amide bonds. The number of hydrogen-bond acceptors (Lipinski definition) is 4. The van der Waals surface area contributed by atoms with Crippen LogP contribution >= 0.6 is 11.8 Å². The van der Waals surface area contributed by atoms with Gasteiger partial charge in [0.25, 0.3) is 0 Å². The number of anilines is 1. The molecule has 0 aliphatic carbocycles. The Morgan fingerprint density at radius 3 is 2.52 bits per heavy atom. The van der Waals surface area contributed by atoms with E-state index in [4.69, 9.17) is 4.74 Å².